The highest BCUT2D eigenvalue weighted by Gasteiger charge is 2.31. The Bertz CT molecular complexity index is 761. The van der Waals surface area contributed by atoms with Crippen LogP contribution in [0.5, 0.6) is 5.75 Å². The van der Waals surface area contributed by atoms with Crippen molar-refractivity contribution in [3.63, 3.8) is 0 Å². The molecule has 1 saturated heterocycles. The summed E-state index contributed by atoms with van der Waals surface area (Å²) >= 11 is 5.90. The van der Waals surface area contributed by atoms with Gasteiger partial charge >= 0.3 is 0 Å². The Morgan fingerprint density at radius 1 is 1.25 bits per heavy atom. The Kier molecular flexibility index (Phi) is 4.71. The van der Waals surface area contributed by atoms with Crippen LogP contribution >= 0.6 is 11.6 Å². The summed E-state index contributed by atoms with van der Waals surface area (Å²) in [7, 11) is 1.59. The fraction of sp³-hybridized carbons (Fsp3) is 0.222. The highest BCUT2D eigenvalue weighted by Crippen LogP contribution is 2.24. The van der Waals surface area contributed by atoms with Crippen molar-refractivity contribution >= 4 is 29.1 Å². The van der Waals surface area contributed by atoms with Gasteiger partial charge in [-0.05, 0) is 42.5 Å². The lowest BCUT2D eigenvalue weighted by Gasteiger charge is -2.17. The third-order valence-electron chi connectivity index (χ3n) is 3.93. The van der Waals surface area contributed by atoms with Crippen molar-refractivity contribution in [3.8, 4) is 5.75 Å². The van der Waals surface area contributed by atoms with Crippen molar-refractivity contribution in [3.05, 3.63) is 59.1 Å². The van der Waals surface area contributed by atoms with Crippen LogP contribution < -0.4 is 15.0 Å². The van der Waals surface area contributed by atoms with Crippen LogP contribution in [0.2, 0.25) is 5.02 Å². The number of amides is 2. The summed E-state index contributed by atoms with van der Waals surface area (Å²) < 4.78 is 5.12. The fourth-order valence-electron chi connectivity index (χ4n) is 2.71. The van der Waals surface area contributed by atoms with Crippen LogP contribution in [0, 0.1) is 0 Å². The minimum absolute atomic E-state index is 0.0171. The minimum Gasteiger partial charge on any atom is -0.497 e. The molecule has 1 aliphatic heterocycles. The second-order valence-electron chi connectivity index (χ2n) is 5.59. The number of rotatable bonds is 4. The van der Waals surface area contributed by atoms with Gasteiger partial charge in [0.25, 0.3) is 5.91 Å². The highest BCUT2D eigenvalue weighted by molar-refractivity contribution is 6.30. The third kappa shape index (κ3) is 3.51. The molecule has 0 aliphatic carbocycles. The zero-order valence-corrected chi connectivity index (χ0v) is 13.9. The number of nitrogens with one attached hydrogen (secondary N) is 1. The molecule has 1 fully saturated rings. The van der Waals surface area contributed by atoms with E-state index in [1.165, 1.54) is 0 Å². The zero-order chi connectivity index (χ0) is 17.1. The van der Waals surface area contributed by atoms with Crippen LogP contribution in [0.1, 0.15) is 16.8 Å². The van der Waals surface area contributed by atoms with Crippen LogP contribution in [-0.4, -0.2) is 31.5 Å². The summed E-state index contributed by atoms with van der Waals surface area (Å²) in [6, 6.07) is 13.8. The summed E-state index contributed by atoms with van der Waals surface area (Å²) in [4.78, 5) is 26.2. The van der Waals surface area contributed by atoms with Crippen molar-refractivity contribution in [2.24, 2.45) is 0 Å². The monoisotopic (exact) mass is 344 g/mol. The van der Waals surface area contributed by atoms with E-state index in [4.69, 9.17) is 16.3 Å². The number of nitrogens with zero attached hydrogens (tertiary/aromatic N) is 1. The Morgan fingerprint density at radius 3 is 2.67 bits per heavy atom. The number of benzene rings is 2. The molecule has 24 heavy (non-hydrogen) atoms. The molecule has 1 aliphatic rings. The highest BCUT2D eigenvalue weighted by atomic mass is 35.5. The maximum atomic E-state index is 12.3. The molecule has 1 atom stereocenters. The van der Waals surface area contributed by atoms with Crippen LogP contribution in [0.4, 0.5) is 5.69 Å². The van der Waals surface area contributed by atoms with Crippen LogP contribution in [-0.2, 0) is 4.79 Å². The molecule has 5 nitrogen and oxygen atoms in total. The SMILES string of the molecule is COc1ccc(N2C[C@H](NC(=O)c3cccc(Cl)c3)CC2=O)cc1. The van der Waals surface area contributed by atoms with Crippen molar-refractivity contribution in [1.82, 2.24) is 5.32 Å². The second-order valence-corrected chi connectivity index (χ2v) is 6.02. The number of carbonyl (C=O) groups is 2. The molecule has 2 aromatic rings. The molecule has 1 N–H and O–H groups in total. The number of carbonyl (C=O) groups excluding carboxylic acids is 2. The number of halogens is 1. The van der Waals surface area contributed by atoms with Gasteiger partial charge in [-0.2, -0.15) is 0 Å². The maximum Gasteiger partial charge on any atom is 0.251 e. The Balaban J connectivity index is 1.67. The molecule has 2 amide bonds. The van der Waals surface area contributed by atoms with Gasteiger partial charge < -0.3 is 15.0 Å². The fourth-order valence-corrected chi connectivity index (χ4v) is 2.90. The van der Waals surface area contributed by atoms with Crippen LogP contribution in [0.15, 0.2) is 48.5 Å². The smallest absolute Gasteiger partial charge is 0.251 e. The molecule has 0 saturated carbocycles. The van der Waals surface area contributed by atoms with Gasteiger partial charge in [0.2, 0.25) is 5.91 Å². The van der Waals surface area contributed by atoms with E-state index in [9.17, 15) is 9.59 Å². The maximum absolute atomic E-state index is 12.3. The molecule has 1 heterocycles. The standard InChI is InChI=1S/C18H17ClN2O3/c1-24-16-7-5-15(6-8-16)21-11-14(10-17(21)22)20-18(23)12-3-2-4-13(19)9-12/h2-9,14H,10-11H2,1H3,(H,20,23)/t14-/m1/s1. The molecule has 0 radical (unpaired) electrons. The average molecular weight is 345 g/mol. The number of hydrogen-bond donors (Lipinski definition) is 1. The normalized spacial score (nSPS) is 17.0. The van der Waals surface area contributed by atoms with Crippen molar-refractivity contribution in [1.29, 1.82) is 0 Å². The van der Waals surface area contributed by atoms with Crippen molar-refractivity contribution in [2.45, 2.75) is 12.5 Å². The van der Waals surface area contributed by atoms with Crippen molar-refractivity contribution in [2.75, 3.05) is 18.6 Å². The first-order valence-corrected chi connectivity index (χ1v) is 7.95. The molecule has 0 spiro atoms. The van der Waals surface area contributed by atoms with Crippen molar-refractivity contribution < 1.29 is 14.3 Å². The lowest BCUT2D eigenvalue weighted by Crippen LogP contribution is -2.37. The van der Waals surface area contributed by atoms with E-state index in [2.05, 4.69) is 5.32 Å². The van der Waals surface area contributed by atoms with E-state index in [0.717, 1.165) is 11.4 Å². The first kappa shape index (κ1) is 16.3. The summed E-state index contributed by atoms with van der Waals surface area (Å²) in [6.07, 6.45) is 0.276. The first-order chi connectivity index (χ1) is 11.6. The van der Waals surface area contributed by atoms with E-state index in [0.29, 0.717) is 17.1 Å². The predicted octanol–water partition coefficient (Wildman–Crippen LogP) is 2.88. The van der Waals surface area contributed by atoms with E-state index < -0.39 is 0 Å². The number of anilines is 1. The minimum atomic E-state index is -0.230. The van der Waals surface area contributed by atoms with E-state index in [-0.39, 0.29) is 24.3 Å². The number of methoxy groups -OCH3 is 1. The first-order valence-electron chi connectivity index (χ1n) is 7.57. The summed E-state index contributed by atoms with van der Waals surface area (Å²) in [5, 5.41) is 3.39. The average Bonchev–Trinajstić information content (AvgIpc) is 2.95. The van der Waals surface area contributed by atoms with Crippen LogP contribution in [0.3, 0.4) is 0 Å². The Morgan fingerprint density at radius 2 is 2.00 bits per heavy atom. The number of ether oxygens (including phenoxy) is 1. The lowest BCUT2D eigenvalue weighted by molar-refractivity contribution is -0.117. The predicted molar refractivity (Wildman–Crippen MR) is 92.7 cm³/mol. The van der Waals surface area contributed by atoms with Gasteiger partial charge in [-0.3, -0.25) is 9.59 Å². The van der Waals surface area contributed by atoms with Gasteiger partial charge in [-0.25, -0.2) is 0 Å². The van der Waals surface area contributed by atoms with Gasteiger partial charge in [0.15, 0.2) is 0 Å². The quantitative estimate of drug-likeness (QED) is 0.927. The van der Waals surface area contributed by atoms with Gasteiger partial charge in [-0.1, -0.05) is 17.7 Å². The largest absolute Gasteiger partial charge is 0.497 e. The molecule has 0 bridgehead atoms. The van der Waals surface area contributed by atoms with E-state index in [1.54, 1.807) is 48.4 Å². The van der Waals surface area contributed by atoms with Gasteiger partial charge in [0.05, 0.1) is 13.2 Å². The molecule has 3 rings (SSSR count). The summed E-state index contributed by atoms with van der Waals surface area (Å²) in [6.45, 7) is 0.442. The zero-order valence-electron chi connectivity index (χ0n) is 13.2. The van der Waals surface area contributed by atoms with Crippen LogP contribution in [0.25, 0.3) is 0 Å². The summed E-state index contributed by atoms with van der Waals surface area (Å²) in [5.74, 6) is 0.486. The molecular weight excluding hydrogens is 328 g/mol. The Hall–Kier alpha value is -2.53. The van der Waals surface area contributed by atoms with Gasteiger partial charge in [0, 0.05) is 29.2 Å². The molecule has 2 aromatic carbocycles. The second kappa shape index (κ2) is 6.93. The lowest BCUT2D eigenvalue weighted by atomic mass is 10.2. The van der Waals surface area contributed by atoms with E-state index in [1.807, 2.05) is 12.1 Å². The third-order valence-corrected chi connectivity index (χ3v) is 4.17. The van der Waals surface area contributed by atoms with Gasteiger partial charge in [-0.15, -0.1) is 0 Å². The van der Waals surface area contributed by atoms with E-state index >= 15 is 0 Å². The Labute approximate surface area is 145 Å². The topological polar surface area (TPSA) is 58.6 Å². The molecule has 6 heteroatoms. The molecular formula is C18H17ClN2O3. The molecule has 0 aromatic heterocycles. The number of hydrogen-bond acceptors (Lipinski definition) is 3. The summed E-state index contributed by atoms with van der Waals surface area (Å²) in [5.41, 5.74) is 1.28. The van der Waals surface area contributed by atoms with Gasteiger partial charge in [0.1, 0.15) is 5.75 Å². The molecule has 124 valence electrons. The molecule has 0 unspecified atom stereocenters.